The second-order valence-corrected chi connectivity index (χ2v) is 7.74. The zero-order chi connectivity index (χ0) is 21.0. The van der Waals surface area contributed by atoms with Gasteiger partial charge in [0.1, 0.15) is 17.5 Å². The Hall–Kier alpha value is -3.33. The van der Waals surface area contributed by atoms with Crippen LogP contribution in [-0.4, -0.2) is 14.3 Å². The summed E-state index contributed by atoms with van der Waals surface area (Å²) in [5, 5.41) is 2.46. The van der Waals surface area contributed by atoms with Crippen LogP contribution in [0.25, 0.3) is 0 Å². The van der Waals surface area contributed by atoms with Crippen molar-refractivity contribution >= 4 is 21.6 Å². The van der Waals surface area contributed by atoms with Gasteiger partial charge >= 0.3 is 0 Å². The van der Waals surface area contributed by atoms with Gasteiger partial charge < -0.3 is 5.32 Å². The number of amides is 1. The molecule has 29 heavy (non-hydrogen) atoms. The fourth-order valence-electron chi connectivity index (χ4n) is 2.47. The van der Waals surface area contributed by atoms with E-state index in [9.17, 15) is 26.4 Å². The molecule has 2 N–H and O–H groups in total. The molecule has 0 heterocycles. The summed E-state index contributed by atoms with van der Waals surface area (Å²) >= 11 is 0. The summed E-state index contributed by atoms with van der Waals surface area (Å²) in [5.41, 5.74) is 0.399. The summed E-state index contributed by atoms with van der Waals surface area (Å²) < 4.78 is 66.6. The summed E-state index contributed by atoms with van der Waals surface area (Å²) in [6.07, 6.45) is 0. The summed E-state index contributed by atoms with van der Waals surface area (Å²) in [6, 6.07) is 12.8. The third-order valence-electron chi connectivity index (χ3n) is 3.97. The highest BCUT2D eigenvalue weighted by Crippen LogP contribution is 2.17. The number of hydrogen-bond acceptors (Lipinski definition) is 3. The Kier molecular flexibility index (Phi) is 5.88. The molecule has 0 atom stereocenters. The van der Waals surface area contributed by atoms with E-state index >= 15 is 0 Å². The molecule has 0 saturated carbocycles. The molecular formula is C20H15F3N2O3S. The number of benzene rings is 3. The summed E-state index contributed by atoms with van der Waals surface area (Å²) in [6.45, 7) is -0.207. The van der Waals surface area contributed by atoms with Gasteiger partial charge in [0.05, 0.1) is 4.90 Å². The first-order valence-electron chi connectivity index (χ1n) is 8.35. The number of hydrogen-bond donors (Lipinski definition) is 2. The molecule has 0 saturated heterocycles. The van der Waals surface area contributed by atoms with Crippen molar-refractivity contribution in [2.24, 2.45) is 0 Å². The molecule has 0 aliphatic rings. The van der Waals surface area contributed by atoms with Gasteiger partial charge in [0.2, 0.25) is 0 Å². The van der Waals surface area contributed by atoms with Gasteiger partial charge in [-0.2, -0.15) is 0 Å². The van der Waals surface area contributed by atoms with Gasteiger partial charge in [0.15, 0.2) is 0 Å². The summed E-state index contributed by atoms with van der Waals surface area (Å²) in [5.74, 6) is -2.36. The first kappa shape index (κ1) is 20.4. The Balaban J connectivity index is 1.65. The number of nitrogens with one attached hydrogen (secondary N) is 2. The number of halogens is 3. The van der Waals surface area contributed by atoms with Gasteiger partial charge in [0.25, 0.3) is 15.9 Å². The van der Waals surface area contributed by atoms with E-state index in [1.165, 1.54) is 24.3 Å². The zero-order valence-electron chi connectivity index (χ0n) is 14.8. The maximum absolute atomic E-state index is 13.6. The molecule has 0 aromatic heterocycles. The van der Waals surface area contributed by atoms with E-state index < -0.39 is 33.4 Å². The molecular weight excluding hydrogens is 405 g/mol. The maximum atomic E-state index is 13.6. The maximum Gasteiger partial charge on any atom is 0.261 e. The highest BCUT2D eigenvalue weighted by Gasteiger charge is 2.15. The molecule has 9 heteroatoms. The standard InChI is InChI=1S/C20H15F3N2O3S/c21-15-3-8-18(9-4-15)29(27,28)25-17-6-1-13(2-7-17)20(26)24-12-14-11-16(22)5-10-19(14)23/h1-11,25H,12H2,(H,24,26). The molecule has 0 fully saturated rings. The van der Waals surface area contributed by atoms with Crippen LogP contribution in [0.15, 0.2) is 71.6 Å². The molecule has 150 valence electrons. The second kappa shape index (κ2) is 8.36. The molecule has 5 nitrogen and oxygen atoms in total. The van der Waals surface area contributed by atoms with Gasteiger partial charge in [-0.1, -0.05) is 0 Å². The molecule has 3 aromatic rings. The van der Waals surface area contributed by atoms with Crippen molar-refractivity contribution < 1.29 is 26.4 Å². The van der Waals surface area contributed by atoms with Crippen molar-refractivity contribution in [2.45, 2.75) is 11.4 Å². The highest BCUT2D eigenvalue weighted by molar-refractivity contribution is 7.92. The number of carbonyl (C=O) groups is 1. The first-order chi connectivity index (χ1) is 13.7. The van der Waals surface area contributed by atoms with Crippen molar-refractivity contribution in [3.63, 3.8) is 0 Å². The van der Waals surface area contributed by atoms with Crippen LogP contribution in [0.4, 0.5) is 18.9 Å². The molecule has 0 bridgehead atoms. The fraction of sp³-hybridized carbons (Fsp3) is 0.0500. The van der Waals surface area contributed by atoms with Crippen molar-refractivity contribution in [2.75, 3.05) is 4.72 Å². The van der Waals surface area contributed by atoms with Gasteiger partial charge in [-0.3, -0.25) is 9.52 Å². The number of anilines is 1. The van der Waals surface area contributed by atoms with E-state index in [0.29, 0.717) is 0 Å². The summed E-state index contributed by atoms with van der Waals surface area (Å²) in [4.78, 5) is 12.0. The van der Waals surface area contributed by atoms with Gasteiger partial charge in [0, 0.05) is 23.4 Å². The van der Waals surface area contributed by atoms with E-state index in [2.05, 4.69) is 10.0 Å². The van der Waals surface area contributed by atoms with E-state index in [1.807, 2.05) is 0 Å². The number of sulfonamides is 1. The van der Waals surface area contributed by atoms with Crippen molar-refractivity contribution in [3.8, 4) is 0 Å². The van der Waals surface area contributed by atoms with E-state index in [1.54, 1.807) is 0 Å². The minimum atomic E-state index is -3.91. The van der Waals surface area contributed by atoms with Crippen molar-refractivity contribution in [1.29, 1.82) is 0 Å². The van der Waals surface area contributed by atoms with Crippen LogP contribution < -0.4 is 10.0 Å². The lowest BCUT2D eigenvalue weighted by Gasteiger charge is -2.10. The lowest BCUT2D eigenvalue weighted by Crippen LogP contribution is -2.23. The molecule has 0 spiro atoms. The van der Waals surface area contributed by atoms with Crippen LogP contribution in [0.5, 0.6) is 0 Å². The topological polar surface area (TPSA) is 75.3 Å². The third-order valence-corrected chi connectivity index (χ3v) is 5.37. The van der Waals surface area contributed by atoms with Gasteiger partial charge in [-0.15, -0.1) is 0 Å². The average molecular weight is 420 g/mol. The molecule has 0 aliphatic heterocycles. The van der Waals surface area contributed by atoms with Crippen molar-refractivity contribution in [3.05, 3.63) is 95.3 Å². The third kappa shape index (κ3) is 5.14. The second-order valence-electron chi connectivity index (χ2n) is 6.06. The van der Waals surface area contributed by atoms with Gasteiger partial charge in [-0.25, -0.2) is 21.6 Å². The van der Waals surface area contributed by atoms with E-state index in [0.717, 1.165) is 42.5 Å². The molecule has 1 amide bonds. The SMILES string of the molecule is O=C(NCc1cc(F)ccc1F)c1ccc(NS(=O)(=O)c2ccc(F)cc2)cc1. The van der Waals surface area contributed by atoms with Crippen LogP contribution in [0, 0.1) is 17.5 Å². The Morgan fingerprint density at radius 3 is 2.10 bits per heavy atom. The Morgan fingerprint density at radius 1 is 0.828 bits per heavy atom. The summed E-state index contributed by atoms with van der Waals surface area (Å²) in [7, 11) is -3.91. The average Bonchev–Trinajstić information content (AvgIpc) is 2.69. The molecule has 3 aromatic carbocycles. The highest BCUT2D eigenvalue weighted by atomic mass is 32.2. The van der Waals surface area contributed by atoms with Crippen LogP contribution in [0.1, 0.15) is 15.9 Å². The monoisotopic (exact) mass is 420 g/mol. The van der Waals surface area contributed by atoms with Crippen LogP contribution >= 0.6 is 0 Å². The molecule has 0 aliphatic carbocycles. The van der Waals surface area contributed by atoms with Gasteiger partial charge in [-0.05, 0) is 66.7 Å². The minimum Gasteiger partial charge on any atom is -0.348 e. The Morgan fingerprint density at radius 2 is 1.45 bits per heavy atom. The van der Waals surface area contributed by atoms with Crippen LogP contribution in [-0.2, 0) is 16.6 Å². The molecule has 0 unspecified atom stereocenters. The lowest BCUT2D eigenvalue weighted by molar-refractivity contribution is 0.0950. The normalized spacial score (nSPS) is 11.1. The smallest absolute Gasteiger partial charge is 0.261 e. The largest absolute Gasteiger partial charge is 0.348 e. The van der Waals surface area contributed by atoms with Crippen LogP contribution in [0.2, 0.25) is 0 Å². The predicted molar refractivity (Wildman–Crippen MR) is 101 cm³/mol. The minimum absolute atomic E-state index is 0.00188. The molecule has 3 rings (SSSR count). The Labute approximate surface area is 165 Å². The lowest BCUT2D eigenvalue weighted by atomic mass is 10.1. The Bertz CT molecular complexity index is 1130. The van der Waals surface area contributed by atoms with E-state index in [4.69, 9.17) is 0 Å². The first-order valence-corrected chi connectivity index (χ1v) is 9.83. The number of rotatable bonds is 6. The molecule has 0 radical (unpaired) electrons. The van der Waals surface area contributed by atoms with Crippen molar-refractivity contribution in [1.82, 2.24) is 5.32 Å². The predicted octanol–water partition coefficient (Wildman–Crippen LogP) is 3.83. The fourth-order valence-corrected chi connectivity index (χ4v) is 3.53. The van der Waals surface area contributed by atoms with Crippen LogP contribution in [0.3, 0.4) is 0 Å². The zero-order valence-corrected chi connectivity index (χ0v) is 15.6. The van der Waals surface area contributed by atoms with E-state index in [-0.39, 0.29) is 28.3 Å². The number of carbonyl (C=O) groups excluding carboxylic acids is 1. The quantitative estimate of drug-likeness (QED) is 0.636.